The summed E-state index contributed by atoms with van der Waals surface area (Å²) in [5, 5.41) is 2.88. The number of methoxy groups -OCH3 is 1. The van der Waals surface area contributed by atoms with Crippen molar-refractivity contribution in [3.63, 3.8) is 0 Å². The Morgan fingerprint density at radius 1 is 1.25 bits per heavy atom. The molecule has 1 N–H and O–H groups in total. The van der Waals surface area contributed by atoms with Crippen molar-refractivity contribution in [3.8, 4) is 0 Å². The van der Waals surface area contributed by atoms with Gasteiger partial charge in [0.1, 0.15) is 17.1 Å². The normalized spacial score (nSPS) is 17.6. The van der Waals surface area contributed by atoms with E-state index in [0.29, 0.717) is 29.9 Å². The second-order valence-electron chi connectivity index (χ2n) is 5.42. The summed E-state index contributed by atoms with van der Waals surface area (Å²) in [6, 6.07) is 1.69. The Bertz CT molecular complexity index is 512. The highest BCUT2D eigenvalue weighted by molar-refractivity contribution is 5.99. The molecule has 1 aromatic heterocycles. The number of hydrogen-bond donors (Lipinski definition) is 1. The predicted molar refractivity (Wildman–Crippen MR) is 73.5 cm³/mol. The molecule has 1 heterocycles. The molecule has 1 saturated carbocycles. The van der Waals surface area contributed by atoms with Crippen LogP contribution in [0.25, 0.3) is 0 Å². The van der Waals surface area contributed by atoms with Gasteiger partial charge in [0.05, 0.1) is 12.7 Å². The fourth-order valence-corrected chi connectivity index (χ4v) is 2.87. The summed E-state index contributed by atoms with van der Waals surface area (Å²) in [6.07, 6.45) is 4.17. The smallest absolute Gasteiger partial charge is 0.331 e. The average Bonchev–Trinajstić information content (AvgIpc) is 2.78. The zero-order chi connectivity index (χ0) is 14.8. The molecule has 1 aromatic rings. The van der Waals surface area contributed by atoms with Crippen molar-refractivity contribution in [3.05, 3.63) is 23.2 Å². The molecule has 1 aliphatic rings. The van der Waals surface area contributed by atoms with E-state index in [0.717, 1.165) is 19.3 Å². The number of hydrogen-bond acceptors (Lipinski definition) is 4. The lowest BCUT2D eigenvalue weighted by Crippen LogP contribution is -2.56. The molecule has 20 heavy (non-hydrogen) atoms. The number of rotatable bonds is 3. The molecule has 2 rings (SSSR count). The van der Waals surface area contributed by atoms with Crippen molar-refractivity contribution >= 4 is 11.9 Å². The SMILES string of the molecule is COC(=O)C1(NC(=O)c2cc(C)oc2C)CCCCC1. The monoisotopic (exact) mass is 279 g/mol. The number of amides is 1. The third-order valence-corrected chi connectivity index (χ3v) is 3.92. The van der Waals surface area contributed by atoms with Crippen molar-refractivity contribution < 1.29 is 18.7 Å². The van der Waals surface area contributed by atoms with Crippen LogP contribution in [0.2, 0.25) is 0 Å². The highest BCUT2D eigenvalue weighted by Crippen LogP contribution is 2.30. The molecule has 0 saturated heterocycles. The first-order valence-electron chi connectivity index (χ1n) is 6.96. The molecule has 0 spiro atoms. The Kier molecular flexibility index (Phi) is 4.16. The third-order valence-electron chi connectivity index (χ3n) is 3.92. The maximum Gasteiger partial charge on any atom is 0.331 e. The number of furan rings is 1. The number of nitrogens with one attached hydrogen (secondary N) is 1. The van der Waals surface area contributed by atoms with E-state index in [2.05, 4.69) is 5.32 Å². The van der Waals surface area contributed by atoms with E-state index in [1.807, 2.05) is 0 Å². The largest absolute Gasteiger partial charge is 0.467 e. The van der Waals surface area contributed by atoms with Crippen molar-refractivity contribution in [1.29, 1.82) is 0 Å². The second-order valence-corrected chi connectivity index (χ2v) is 5.42. The van der Waals surface area contributed by atoms with Crippen molar-refractivity contribution in [2.24, 2.45) is 0 Å². The van der Waals surface area contributed by atoms with Gasteiger partial charge in [-0.2, -0.15) is 0 Å². The minimum Gasteiger partial charge on any atom is -0.467 e. The molecule has 0 atom stereocenters. The Labute approximate surface area is 118 Å². The van der Waals surface area contributed by atoms with Gasteiger partial charge in [0.25, 0.3) is 5.91 Å². The van der Waals surface area contributed by atoms with Crippen LogP contribution in [-0.4, -0.2) is 24.5 Å². The van der Waals surface area contributed by atoms with Crippen molar-refractivity contribution in [2.75, 3.05) is 7.11 Å². The second kappa shape index (κ2) is 5.69. The van der Waals surface area contributed by atoms with Crippen molar-refractivity contribution in [2.45, 2.75) is 51.5 Å². The number of ether oxygens (including phenoxy) is 1. The number of carbonyl (C=O) groups is 2. The maximum absolute atomic E-state index is 12.4. The quantitative estimate of drug-likeness (QED) is 0.863. The van der Waals surface area contributed by atoms with Crippen LogP contribution >= 0.6 is 0 Å². The summed E-state index contributed by atoms with van der Waals surface area (Å²) >= 11 is 0. The van der Waals surface area contributed by atoms with Gasteiger partial charge in [-0.1, -0.05) is 19.3 Å². The molecule has 0 aliphatic heterocycles. The third kappa shape index (κ3) is 2.71. The zero-order valence-electron chi connectivity index (χ0n) is 12.2. The maximum atomic E-state index is 12.4. The molecular weight excluding hydrogens is 258 g/mol. The molecule has 0 aromatic carbocycles. The summed E-state index contributed by atoms with van der Waals surface area (Å²) in [4.78, 5) is 24.5. The van der Waals surface area contributed by atoms with Crippen LogP contribution in [0.1, 0.15) is 54.0 Å². The molecule has 5 nitrogen and oxygen atoms in total. The molecule has 1 fully saturated rings. The average molecular weight is 279 g/mol. The van der Waals surface area contributed by atoms with E-state index >= 15 is 0 Å². The van der Waals surface area contributed by atoms with Crippen LogP contribution in [0.15, 0.2) is 10.5 Å². The highest BCUT2D eigenvalue weighted by Gasteiger charge is 2.42. The van der Waals surface area contributed by atoms with E-state index in [1.54, 1.807) is 19.9 Å². The van der Waals surface area contributed by atoms with Gasteiger partial charge in [0, 0.05) is 0 Å². The van der Waals surface area contributed by atoms with E-state index in [1.165, 1.54) is 7.11 Å². The van der Waals surface area contributed by atoms with E-state index in [-0.39, 0.29) is 11.9 Å². The lowest BCUT2D eigenvalue weighted by atomic mass is 9.81. The fourth-order valence-electron chi connectivity index (χ4n) is 2.87. The van der Waals surface area contributed by atoms with Gasteiger partial charge >= 0.3 is 5.97 Å². The fraction of sp³-hybridized carbons (Fsp3) is 0.600. The van der Waals surface area contributed by atoms with Gasteiger partial charge in [0.15, 0.2) is 0 Å². The number of carbonyl (C=O) groups excluding carboxylic acids is 2. The first kappa shape index (κ1) is 14.6. The Morgan fingerprint density at radius 3 is 2.40 bits per heavy atom. The van der Waals surface area contributed by atoms with Gasteiger partial charge in [0.2, 0.25) is 0 Å². The number of aryl methyl sites for hydroxylation is 2. The van der Waals surface area contributed by atoms with E-state index in [9.17, 15) is 9.59 Å². The van der Waals surface area contributed by atoms with E-state index < -0.39 is 5.54 Å². The van der Waals surface area contributed by atoms with Gasteiger partial charge in [-0.05, 0) is 32.8 Å². The van der Waals surface area contributed by atoms with Crippen molar-refractivity contribution in [1.82, 2.24) is 5.32 Å². The number of esters is 1. The molecule has 5 heteroatoms. The van der Waals surface area contributed by atoms with Gasteiger partial charge in [-0.15, -0.1) is 0 Å². The molecule has 1 aliphatic carbocycles. The molecule has 1 amide bonds. The lowest BCUT2D eigenvalue weighted by molar-refractivity contribution is -0.149. The van der Waals surface area contributed by atoms with E-state index in [4.69, 9.17) is 9.15 Å². The molecule has 0 bridgehead atoms. The van der Waals surface area contributed by atoms with Gasteiger partial charge in [-0.25, -0.2) is 4.79 Å². The summed E-state index contributed by atoms with van der Waals surface area (Å²) < 4.78 is 10.3. The zero-order valence-corrected chi connectivity index (χ0v) is 12.2. The Balaban J connectivity index is 2.21. The van der Waals surface area contributed by atoms with Gasteiger partial charge < -0.3 is 14.5 Å². The predicted octanol–water partition coefficient (Wildman–Crippen LogP) is 2.50. The van der Waals surface area contributed by atoms with Gasteiger partial charge in [-0.3, -0.25) is 4.79 Å². The van der Waals surface area contributed by atoms with Crippen LogP contribution in [0, 0.1) is 13.8 Å². The van der Waals surface area contributed by atoms with Crippen LogP contribution in [0.5, 0.6) is 0 Å². The first-order chi connectivity index (χ1) is 9.48. The van der Waals surface area contributed by atoms with Crippen LogP contribution < -0.4 is 5.32 Å². The highest BCUT2D eigenvalue weighted by atomic mass is 16.5. The summed E-state index contributed by atoms with van der Waals surface area (Å²) in [5.74, 6) is 0.620. The van der Waals surface area contributed by atoms with Crippen LogP contribution in [0.3, 0.4) is 0 Å². The first-order valence-corrected chi connectivity index (χ1v) is 6.96. The molecule has 0 unspecified atom stereocenters. The summed E-state index contributed by atoms with van der Waals surface area (Å²) in [5.41, 5.74) is -0.404. The molecular formula is C15H21NO4. The Hall–Kier alpha value is -1.78. The summed E-state index contributed by atoms with van der Waals surface area (Å²) in [7, 11) is 1.36. The van der Waals surface area contributed by atoms with Crippen LogP contribution in [0.4, 0.5) is 0 Å². The molecule has 0 radical (unpaired) electrons. The minimum atomic E-state index is -0.887. The topological polar surface area (TPSA) is 68.5 Å². The minimum absolute atomic E-state index is 0.272. The molecule has 110 valence electrons. The van der Waals surface area contributed by atoms with Crippen LogP contribution in [-0.2, 0) is 9.53 Å². The Morgan fingerprint density at radius 2 is 1.90 bits per heavy atom. The standard InChI is InChI=1S/C15H21NO4/c1-10-9-12(11(2)20-10)13(17)16-15(14(18)19-3)7-5-4-6-8-15/h9H,4-8H2,1-3H3,(H,16,17). The lowest BCUT2D eigenvalue weighted by Gasteiger charge is -2.35. The summed E-state index contributed by atoms with van der Waals surface area (Å²) in [6.45, 7) is 3.54.